The maximum absolute atomic E-state index is 12.4. The number of carbonyl (C=O) groups excluding carboxylic acids is 1. The summed E-state index contributed by atoms with van der Waals surface area (Å²) in [5.74, 6) is 0. The van der Waals surface area contributed by atoms with Gasteiger partial charge in [-0.3, -0.25) is 4.98 Å². The van der Waals surface area contributed by atoms with E-state index >= 15 is 0 Å². The molecule has 2 aromatic rings. The molecule has 1 N–H and O–H groups in total. The molecule has 2 heterocycles. The number of carbonyl (C=O) groups is 1. The van der Waals surface area contributed by atoms with Crippen LogP contribution in [0.15, 0.2) is 36.7 Å². The Kier molecular flexibility index (Phi) is 5.11. The number of aromatic nitrogens is 1. The summed E-state index contributed by atoms with van der Waals surface area (Å²) in [6.45, 7) is 4.59. The Morgan fingerprint density at radius 1 is 1.17 bits per heavy atom. The van der Waals surface area contributed by atoms with Crippen molar-refractivity contribution in [1.29, 1.82) is 0 Å². The van der Waals surface area contributed by atoms with Crippen molar-refractivity contribution in [3.05, 3.63) is 52.3 Å². The number of benzene rings is 1. The molecule has 126 valence electrons. The van der Waals surface area contributed by atoms with Crippen LogP contribution in [0, 0.1) is 6.92 Å². The minimum absolute atomic E-state index is 0.136. The number of amides is 2. The number of anilines is 2. The van der Waals surface area contributed by atoms with Crippen LogP contribution in [0.5, 0.6) is 0 Å². The second-order valence-corrected chi connectivity index (χ2v) is 6.45. The summed E-state index contributed by atoms with van der Waals surface area (Å²) in [5, 5.41) is 4.09. The first-order valence-electron chi connectivity index (χ1n) is 7.72. The molecular formula is C17H18Cl2N4O. The molecule has 24 heavy (non-hydrogen) atoms. The zero-order chi connectivity index (χ0) is 17.1. The van der Waals surface area contributed by atoms with Crippen LogP contribution in [0.1, 0.15) is 5.56 Å². The number of nitrogens with one attached hydrogen (secondary N) is 1. The summed E-state index contributed by atoms with van der Waals surface area (Å²) in [4.78, 5) is 20.4. The molecule has 5 nitrogen and oxygen atoms in total. The lowest BCUT2D eigenvalue weighted by atomic mass is 10.2. The molecule has 0 unspecified atom stereocenters. The number of rotatable bonds is 2. The fourth-order valence-electron chi connectivity index (χ4n) is 2.71. The van der Waals surface area contributed by atoms with Gasteiger partial charge in [-0.1, -0.05) is 35.3 Å². The maximum Gasteiger partial charge on any atom is 0.322 e. The quantitative estimate of drug-likeness (QED) is 0.874. The molecule has 0 saturated carbocycles. The summed E-state index contributed by atoms with van der Waals surface area (Å²) < 4.78 is 0. The molecule has 1 aliphatic rings. The van der Waals surface area contributed by atoms with Crippen LogP contribution >= 0.6 is 23.2 Å². The highest BCUT2D eigenvalue weighted by atomic mass is 35.5. The first-order valence-corrected chi connectivity index (χ1v) is 8.47. The number of aryl methyl sites for hydroxylation is 1. The average molecular weight is 365 g/mol. The smallest absolute Gasteiger partial charge is 0.322 e. The van der Waals surface area contributed by atoms with Crippen LogP contribution in [-0.4, -0.2) is 42.1 Å². The number of hydrogen-bond acceptors (Lipinski definition) is 3. The molecule has 0 spiro atoms. The minimum atomic E-state index is -0.136. The van der Waals surface area contributed by atoms with Gasteiger partial charge >= 0.3 is 6.03 Å². The molecule has 0 atom stereocenters. The topological polar surface area (TPSA) is 48.5 Å². The van der Waals surface area contributed by atoms with Crippen LogP contribution in [-0.2, 0) is 0 Å². The third-order valence-electron chi connectivity index (χ3n) is 4.09. The summed E-state index contributed by atoms with van der Waals surface area (Å²) in [6.07, 6.45) is 3.36. The lowest BCUT2D eigenvalue weighted by Crippen LogP contribution is -2.50. The van der Waals surface area contributed by atoms with E-state index in [4.69, 9.17) is 23.2 Å². The Bertz CT molecular complexity index is 745. The molecule has 0 aliphatic carbocycles. The summed E-state index contributed by atoms with van der Waals surface area (Å²) in [5.41, 5.74) is 2.53. The largest absolute Gasteiger partial charge is 0.367 e. The highest BCUT2D eigenvalue weighted by Gasteiger charge is 2.23. The number of piperazine rings is 1. The van der Waals surface area contributed by atoms with Crippen molar-refractivity contribution in [3.8, 4) is 0 Å². The lowest BCUT2D eigenvalue weighted by molar-refractivity contribution is 0.208. The summed E-state index contributed by atoms with van der Waals surface area (Å²) >= 11 is 12.4. The van der Waals surface area contributed by atoms with E-state index in [0.29, 0.717) is 28.8 Å². The highest BCUT2D eigenvalue weighted by Crippen LogP contribution is 2.27. The van der Waals surface area contributed by atoms with Crippen molar-refractivity contribution >= 4 is 40.6 Å². The standard InChI is InChI=1S/C17H18Cl2N4O/c1-12-3-2-4-14(16(12)19)21-17(24)23-9-7-22(8-10-23)15-5-6-20-11-13(15)18/h2-6,11H,7-10H2,1H3,(H,21,24). The predicted octanol–water partition coefficient (Wildman–Crippen LogP) is 4.05. The number of pyridine rings is 1. The Balaban J connectivity index is 1.61. The fourth-order valence-corrected chi connectivity index (χ4v) is 3.13. The van der Waals surface area contributed by atoms with E-state index in [1.54, 1.807) is 23.4 Å². The van der Waals surface area contributed by atoms with Crippen molar-refractivity contribution in [2.24, 2.45) is 0 Å². The highest BCUT2D eigenvalue weighted by molar-refractivity contribution is 6.34. The van der Waals surface area contributed by atoms with E-state index in [-0.39, 0.29) is 6.03 Å². The molecule has 2 amide bonds. The van der Waals surface area contributed by atoms with Crippen molar-refractivity contribution in [2.45, 2.75) is 6.92 Å². The zero-order valence-corrected chi connectivity index (χ0v) is 14.8. The minimum Gasteiger partial charge on any atom is -0.367 e. The third kappa shape index (κ3) is 3.57. The predicted molar refractivity (Wildman–Crippen MR) is 98.2 cm³/mol. The molecular weight excluding hydrogens is 347 g/mol. The molecule has 0 bridgehead atoms. The van der Waals surface area contributed by atoms with Gasteiger partial charge in [-0.2, -0.15) is 0 Å². The van der Waals surface area contributed by atoms with Crippen molar-refractivity contribution in [2.75, 3.05) is 36.4 Å². The van der Waals surface area contributed by atoms with Crippen molar-refractivity contribution < 1.29 is 4.79 Å². The van der Waals surface area contributed by atoms with Gasteiger partial charge in [0.15, 0.2) is 0 Å². The second-order valence-electron chi connectivity index (χ2n) is 5.67. The van der Waals surface area contributed by atoms with Gasteiger partial charge in [0.2, 0.25) is 0 Å². The van der Waals surface area contributed by atoms with Gasteiger partial charge in [0, 0.05) is 38.6 Å². The molecule has 1 aromatic heterocycles. The van der Waals surface area contributed by atoms with Crippen LogP contribution in [0.4, 0.5) is 16.2 Å². The van der Waals surface area contributed by atoms with E-state index in [1.165, 1.54) is 0 Å². The summed E-state index contributed by atoms with van der Waals surface area (Å²) in [6, 6.07) is 7.35. The van der Waals surface area contributed by atoms with Gasteiger partial charge in [-0.05, 0) is 24.6 Å². The van der Waals surface area contributed by atoms with Crippen LogP contribution in [0.25, 0.3) is 0 Å². The van der Waals surface area contributed by atoms with E-state index in [0.717, 1.165) is 24.3 Å². The Hall–Kier alpha value is -1.98. The fraction of sp³-hybridized carbons (Fsp3) is 0.294. The number of urea groups is 1. The van der Waals surface area contributed by atoms with E-state index in [1.807, 2.05) is 25.1 Å². The molecule has 1 fully saturated rings. The Morgan fingerprint density at radius 3 is 2.62 bits per heavy atom. The first-order chi connectivity index (χ1) is 11.6. The SMILES string of the molecule is Cc1cccc(NC(=O)N2CCN(c3ccncc3Cl)CC2)c1Cl. The third-order valence-corrected chi connectivity index (χ3v) is 4.88. The van der Waals surface area contributed by atoms with E-state index in [2.05, 4.69) is 15.2 Å². The van der Waals surface area contributed by atoms with E-state index < -0.39 is 0 Å². The van der Waals surface area contributed by atoms with Crippen LogP contribution < -0.4 is 10.2 Å². The number of hydrogen-bond donors (Lipinski definition) is 1. The van der Waals surface area contributed by atoms with Gasteiger partial charge in [-0.15, -0.1) is 0 Å². The maximum atomic E-state index is 12.4. The van der Waals surface area contributed by atoms with Gasteiger partial charge < -0.3 is 15.1 Å². The van der Waals surface area contributed by atoms with Crippen molar-refractivity contribution in [3.63, 3.8) is 0 Å². The van der Waals surface area contributed by atoms with Gasteiger partial charge in [-0.25, -0.2) is 4.79 Å². The monoisotopic (exact) mass is 364 g/mol. The normalized spacial score (nSPS) is 14.6. The Labute approximate surface area is 151 Å². The van der Waals surface area contributed by atoms with Crippen molar-refractivity contribution in [1.82, 2.24) is 9.88 Å². The molecule has 7 heteroatoms. The Morgan fingerprint density at radius 2 is 1.92 bits per heavy atom. The lowest BCUT2D eigenvalue weighted by Gasteiger charge is -2.36. The summed E-state index contributed by atoms with van der Waals surface area (Å²) in [7, 11) is 0. The number of halogens is 2. The molecule has 1 aromatic carbocycles. The zero-order valence-electron chi connectivity index (χ0n) is 13.3. The first kappa shape index (κ1) is 16.9. The second kappa shape index (κ2) is 7.28. The number of nitrogens with zero attached hydrogens (tertiary/aromatic N) is 3. The van der Waals surface area contributed by atoms with E-state index in [9.17, 15) is 4.79 Å². The van der Waals surface area contributed by atoms with Crippen LogP contribution in [0.2, 0.25) is 10.0 Å². The molecule has 3 rings (SSSR count). The average Bonchev–Trinajstić information content (AvgIpc) is 2.59. The molecule has 1 aliphatic heterocycles. The van der Waals surface area contributed by atoms with Gasteiger partial charge in [0.25, 0.3) is 0 Å². The molecule has 1 saturated heterocycles. The van der Waals surface area contributed by atoms with Gasteiger partial charge in [0.05, 0.1) is 21.4 Å². The van der Waals surface area contributed by atoms with Gasteiger partial charge in [0.1, 0.15) is 0 Å². The van der Waals surface area contributed by atoms with Crippen LogP contribution in [0.3, 0.4) is 0 Å². The molecule has 0 radical (unpaired) electrons.